The molecule has 1 heterocycles. The number of rotatable bonds is 3. The van der Waals surface area contributed by atoms with Crippen LogP contribution in [0.4, 0.5) is 5.69 Å². The van der Waals surface area contributed by atoms with Gasteiger partial charge < -0.3 is 9.47 Å². The molecule has 23 heavy (non-hydrogen) atoms. The molecule has 1 aliphatic rings. The van der Waals surface area contributed by atoms with Crippen LogP contribution in [0.3, 0.4) is 0 Å². The summed E-state index contributed by atoms with van der Waals surface area (Å²) in [5.74, 6) is 0.799. The second kappa shape index (κ2) is 6.53. The zero-order valence-electron chi connectivity index (χ0n) is 13.3. The summed E-state index contributed by atoms with van der Waals surface area (Å²) < 4.78 is 11.7. The Balaban J connectivity index is 1.85. The lowest BCUT2D eigenvalue weighted by atomic mass is 10.1. The molecule has 2 aromatic rings. The molecule has 0 saturated heterocycles. The van der Waals surface area contributed by atoms with E-state index in [1.54, 1.807) is 6.21 Å². The van der Waals surface area contributed by atoms with E-state index in [0.29, 0.717) is 0 Å². The number of benzene rings is 2. The molecule has 0 unspecified atom stereocenters. The lowest BCUT2D eigenvalue weighted by Crippen LogP contribution is -2.30. The van der Waals surface area contributed by atoms with Crippen LogP contribution < -0.4 is 0 Å². The van der Waals surface area contributed by atoms with Crippen LogP contribution >= 0.6 is 0 Å². The molecular weight excluding hydrogens is 286 g/mol. The Hall–Kier alpha value is -2.81. The van der Waals surface area contributed by atoms with Gasteiger partial charge in [0.1, 0.15) is 11.5 Å². The Bertz CT molecular complexity index is 744. The third-order valence-corrected chi connectivity index (χ3v) is 3.27. The third-order valence-electron chi connectivity index (χ3n) is 3.27. The minimum atomic E-state index is -0.716. The molecule has 3 nitrogen and oxygen atoms in total. The minimum absolute atomic E-state index is 0.716. The Morgan fingerprint density at radius 2 is 1.52 bits per heavy atom. The van der Waals surface area contributed by atoms with Crippen molar-refractivity contribution in [1.29, 1.82) is 0 Å². The van der Waals surface area contributed by atoms with Crippen molar-refractivity contribution in [2.75, 3.05) is 0 Å². The van der Waals surface area contributed by atoms with Gasteiger partial charge in [-0.25, -0.2) is 0 Å². The zero-order valence-corrected chi connectivity index (χ0v) is 13.3. The van der Waals surface area contributed by atoms with E-state index in [1.807, 2.05) is 86.7 Å². The highest BCUT2D eigenvalue weighted by Crippen LogP contribution is 2.32. The maximum absolute atomic E-state index is 5.91. The van der Waals surface area contributed by atoms with Gasteiger partial charge in [-0.15, -0.1) is 0 Å². The molecule has 0 aliphatic carbocycles. The quantitative estimate of drug-likeness (QED) is 0.739. The number of nitrogens with zero attached hydrogens (tertiary/aromatic N) is 1. The molecule has 0 saturated carbocycles. The summed E-state index contributed by atoms with van der Waals surface area (Å²) in [5.41, 5.74) is 1.93. The number of allylic oxidation sites excluding steroid dienone is 2. The molecule has 0 N–H and O–H groups in total. The van der Waals surface area contributed by atoms with Gasteiger partial charge in [-0.3, -0.25) is 4.99 Å². The van der Waals surface area contributed by atoms with Crippen LogP contribution in [0.25, 0.3) is 5.76 Å². The van der Waals surface area contributed by atoms with Crippen molar-refractivity contribution in [1.82, 2.24) is 0 Å². The smallest absolute Gasteiger partial charge is 0.245 e. The van der Waals surface area contributed by atoms with Gasteiger partial charge in [0.2, 0.25) is 5.79 Å². The molecule has 0 atom stereocenters. The highest BCUT2D eigenvalue weighted by Gasteiger charge is 2.28. The van der Waals surface area contributed by atoms with Crippen molar-refractivity contribution >= 4 is 17.7 Å². The van der Waals surface area contributed by atoms with E-state index in [-0.39, 0.29) is 0 Å². The molecule has 0 bridgehead atoms. The van der Waals surface area contributed by atoms with Crippen LogP contribution in [0, 0.1) is 0 Å². The first kappa shape index (κ1) is 15.1. The van der Waals surface area contributed by atoms with Crippen LogP contribution in [-0.2, 0) is 9.47 Å². The van der Waals surface area contributed by atoms with Crippen molar-refractivity contribution in [2.45, 2.75) is 19.6 Å². The molecule has 1 aliphatic heterocycles. The molecule has 0 radical (unpaired) electrons. The molecule has 0 amide bonds. The Morgan fingerprint density at radius 3 is 2.22 bits per heavy atom. The maximum atomic E-state index is 5.91. The maximum Gasteiger partial charge on any atom is 0.245 e. The number of hydrogen-bond acceptors (Lipinski definition) is 3. The molecule has 3 heteroatoms. The average Bonchev–Trinajstić information content (AvgIpc) is 2.55. The normalized spacial score (nSPS) is 18.3. The van der Waals surface area contributed by atoms with E-state index in [1.165, 1.54) is 0 Å². The van der Waals surface area contributed by atoms with Gasteiger partial charge in [0.05, 0.1) is 5.69 Å². The molecule has 116 valence electrons. The Kier molecular flexibility index (Phi) is 4.29. The number of hydrogen-bond donors (Lipinski definition) is 0. The van der Waals surface area contributed by atoms with Gasteiger partial charge in [0, 0.05) is 31.7 Å². The monoisotopic (exact) mass is 305 g/mol. The largest absolute Gasteiger partial charge is 0.453 e. The fraction of sp³-hybridized carbons (Fsp3) is 0.150. The summed E-state index contributed by atoms with van der Waals surface area (Å²) in [4.78, 5) is 4.39. The van der Waals surface area contributed by atoms with Crippen LogP contribution in [0.15, 0.2) is 83.6 Å². The highest BCUT2D eigenvalue weighted by molar-refractivity contribution is 5.77. The first-order valence-electron chi connectivity index (χ1n) is 7.57. The van der Waals surface area contributed by atoms with Gasteiger partial charge in [0.25, 0.3) is 0 Å². The molecule has 2 aromatic carbocycles. The zero-order chi connectivity index (χ0) is 16.1. The second-order valence-corrected chi connectivity index (χ2v) is 5.66. The van der Waals surface area contributed by atoms with E-state index in [2.05, 4.69) is 4.99 Å². The minimum Gasteiger partial charge on any atom is -0.453 e. The Labute approximate surface area is 136 Å². The van der Waals surface area contributed by atoms with Crippen molar-refractivity contribution in [3.05, 3.63) is 84.1 Å². The first-order valence-corrected chi connectivity index (χ1v) is 7.57. The topological polar surface area (TPSA) is 30.8 Å². The van der Waals surface area contributed by atoms with Gasteiger partial charge in [0.15, 0.2) is 0 Å². The molecule has 0 spiro atoms. The number of aliphatic imine (C=N–C) groups is 1. The summed E-state index contributed by atoms with van der Waals surface area (Å²) in [7, 11) is 0. The van der Waals surface area contributed by atoms with Gasteiger partial charge in [-0.1, -0.05) is 48.5 Å². The number of ether oxygens (including phenoxy) is 2. The highest BCUT2D eigenvalue weighted by atomic mass is 16.7. The van der Waals surface area contributed by atoms with Crippen molar-refractivity contribution in [3.63, 3.8) is 0 Å². The molecule has 3 rings (SSSR count). The third kappa shape index (κ3) is 4.10. The Morgan fingerprint density at radius 1 is 0.870 bits per heavy atom. The molecular formula is C20H19NO2. The first-order chi connectivity index (χ1) is 11.1. The van der Waals surface area contributed by atoms with Crippen LogP contribution in [0.2, 0.25) is 0 Å². The predicted octanol–water partition coefficient (Wildman–Crippen LogP) is 5.10. The van der Waals surface area contributed by atoms with E-state index in [0.717, 1.165) is 22.8 Å². The summed E-state index contributed by atoms with van der Waals surface area (Å²) in [6.07, 6.45) is 5.48. The summed E-state index contributed by atoms with van der Waals surface area (Å²) in [5, 5.41) is 0. The lowest BCUT2D eigenvalue weighted by Gasteiger charge is -2.33. The van der Waals surface area contributed by atoms with Crippen molar-refractivity contribution in [3.8, 4) is 0 Å². The number of para-hydroxylation sites is 1. The molecule has 0 fully saturated rings. The van der Waals surface area contributed by atoms with E-state index in [4.69, 9.17) is 9.47 Å². The standard InChI is InChI=1S/C20H19NO2/c1-20(2)22-18(13-14-21-17-11-7-4-8-12-17)15-19(23-20)16-9-5-3-6-10-16/h3-15H,1-2H3/b18-13-,21-14?. The lowest BCUT2D eigenvalue weighted by molar-refractivity contribution is -0.149. The van der Waals surface area contributed by atoms with E-state index >= 15 is 0 Å². The van der Waals surface area contributed by atoms with Gasteiger partial charge in [-0.05, 0) is 18.2 Å². The second-order valence-electron chi connectivity index (χ2n) is 5.66. The van der Waals surface area contributed by atoms with Crippen molar-refractivity contribution < 1.29 is 9.47 Å². The summed E-state index contributed by atoms with van der Waals surface area (Å²) in [6, 6.07) is 19.8. The fourth-order valence-corrected chi connectivity index (χ4v) is 2.30. The van der Waals surface area contributed by atoms with Gasteiger partial charge >= 0.3 is 0 Å². The summed E-state index contributed by atoms with van der Waals surface area (Å²) in [6.45, 7) is 3.79. The van der Waals surface area contributed by atoms with Crippen LogP contribution in [0.1, 0.15) is 19.4 Å². The van der Waals surface area contributed by atoms with Crippen LogP contribution in [0.5, 0.6) is 0 Å². The van der Waals surface area contributed by atoms with E-state index in [9.17, 15) is 0 Å². The van der Waals surface area contributed by atoms with Crippen molar-refractivity contribution in [2.24, 2.45) is 4.99 Å². The average molecular weight is 305 g/mol. The van der Waals surface area contributed by atoms with E-state index < -0.39 is 5.79 Å². The SMILES string of the molecule is CC1(C)OC(c2ccccc2)=C/C(=C/C=Nc2ccccc2)O1. The van der Waals surface area contributed by atoms with Crippen LogP contribution in [-0.4, -0.2) is 12.0 Å². The fourth-order valence-electron chi connectivity index (χ4n) is 2.30. The molecule has 0 aromatic heterocycles. The van der Waals surface area contributed by atoms with Gasteiger partial charge in [-0.2, -0.15) is 0 Å². The predicted molar refractivity (Wildman–Crippen MR) is 93.3 cm³/mol. The summed E-state index contributed by atoms with van der Waals surface area (Å²) >= 11 is 0.